The predicted molar refractivity (Wildman–Crippen MR) is 72.0 cm³/mol. The zero-order valence-corrected chi connectivity index (χ0v) is 11.4. The van der Waals surface area contributed by atoms with Crippen LogP contribution in [0.15, 0.2) is 18.2 Å². The van der Waals surface area contributed by atoms with Crippen molar-refractivity contribution >= 4 is 29.0 Å². The highest BCUT2D eigenvalue weighted by molar-refractivity contribution is 6.33. The van der Waals surface area contributed by atoms with Crippen LogP contribution in [0.5, 0.6) is 0 Å². The van der Waals surface area contributed by atoms with Gasteiger partial charge in [-0.15, -0.1) is 0 Å². The van der Waals surface area contributed by atoms with Crippen LogP contribution in [0.25, 0.3) is 5.69 Å². The van der Waals surface area contributed by atoms with Crippen LogP contribution in [-0.2, 0) is 0 Å². The third kappa shape index (κ3) is 2.18. The van der Waals surface area contributed by atoms with E-state index in [0.29, 0.717) is 22.2 Å². The second kappa shape index (κ2) is 4.78. The molecule has 2 N–H and O–H groups in total. The second-order valence-corrected chi connectivity index (χ2v) is 5.03. The van der Waals surface area contributed by atoms with E-state index in [4.69, 9.17) is 28.9 Å². The molecule has 0 unspecified atom stereocenters. The molecule has 0 radical (unpaired) electrons. The molecule has 0 spiro atoms. The molecule has 0 amide bonds. The molecule has 96 valence electrons. The lowest BCUT2D eigenvalue weighted by Gasteiger charge is -2.04. The topological polar surface area (TPSA) is 43.8 Å². The highest BCUT2D eigenvalue weighted by atomic mass is 35.5. The van der Waals surface area contributed by atoms with Gasteiger partial charge in [0.2, 0.25) is 0 Å². The van der Waals surface area contributed by atoms with E-state index in [-0.39, 0.29) is 10.9 Å². The summed E-state index contributed by atoms with van der Waals surface area (Å²) in [5.41, 5.74) is 7.05. The minimum atomic E-state index is -0.522. The van der Waals surface area contributed by atoms with E-state index in [1.807, 2.05) is 13.8 Å². The van der Waals surface area contributed by atoms with Crippen LogP contribution in [0.1, 0.15) is 25.5 Å². The number of anilines is 1. The van der Waals surface area contributed by atoms with Gasteiger partial charge in [-0.05, 0) is 18.1 Å². The average Bonchev–Trinajstić information content (AvgIpc) is 2.60. The molecule has 0 saturated carbocycles. The predicted octanol–water partition coefficient (Wildman–Crippen LogP) is 4.02. The molecule has 0 saturated heterocycles. The Kier molecular flexibility index (Phi) is 3.50. The van der Waals surface area contributed by atoms with Crippen molar-refractivity contribution in [3.8, 4) is 5.69 Å². The maximum Gasteiger partial charge on any atom is 0.146 e. The summed E-state index contributed by atoms with van der Waals surface area (Å²) in [6.07, 6.45) is 0. The fourth-order valence-corrected chi connectivity index (χ4v) is 2.07. The van der Waals surface area contributed by atoms with Crippen molar-refractivity contribution < 1.29 is 4.39 Å². The number of hydrogen-bond acceptors (Lipinski definition) is 2. The third-order valence-corrected chi connectivity index (χ3v) is 3.27. The molecule has 0 aliphatic carbocycles. The first kappa shape index (κ1) is 13.2. The zero-order valence-electron chi connectivity index (χ0n) is 9.92. The maximum atomic E-state index is 13.4. The Morgan fingerprint density at radius 3 is 2.50 bits per heavy atom. The van der Waals surface area contributed by atoms with Gasteiger partial charge in [0.15, 0.2) is 0 Å². The van der Waals surface area contributed by atoms with E-state index in [2.05, 4.69) is 5.10 Å². The molecule has 0 atom stereocenters. The Morgan fingerprint density at radius 2 is 2.00 bits per heavy atom. The van der Waals surface area contributed by atoms with Crippen LogP contribution >= 0.6 is 23.2 Å². The van der Waals surface area contributed by atoms with Gasteiger partial charge in [-0.2, -0.15) is 5.10 Å². The number of nitrogens with two attached hydrogens (primary N) is 1. The fraction of sp³-hybridized carbons (Fsp3) is 0.250. The van der Waals surface area contributed by atoms with Crippen molar-refractivity contribution in [2.75, 3.05) is 5.73 Å². The van der Waals surface area contributed by atoms with Crippen molar-refractivity contribution in [1.29, 1.82) is 0 Å². The minimum Gasteiger partial charge on any atom is -0.382 e. The lowest BCUT2D eigenvalue weighted by molar-refractivity contribution is 0.625. The average molecular weight is 288 g/mol. The summed E-state index contributed by atoms with van der Waals surface area (Å²) in [5.74, 6) is -0.0911. The third-order valence-electron chi connectivity index (χ3n) is 2.58. The number of benzene rings is 1. The van der Waals surface area contributed by atoms with Gasteiger partial charge in [0.25, 0.3) is 0 Å². The summed E-state index contributed by atoms with van der Waals surface area (Å²) in [4.78, 5) is 0. The lowest BCUT2D eigenvalue weighted by atomic mass is 10.1. The zero-order chi connectivity index (χ0) is 13.4. The van der Waals surface area contributed by atoms with Crippen molar-refractivity contribution in [2.24, 2.45) is 0 Å². The molecule has 0 aliphatic rings. The molecule has 1 aromatic carbocycles. The number of nitrogens with zero attached hydrogens (tertiary/aromatic N) is 2. The van der Waals surface area contributed by atoms with Crippen molar-refractivity contribution in [1.82, 2.24) is 9.78 Å². The van der Waals surface area contributed by atoms with Gasteiger partial charge < -0.3 is 5.73 Å². The molecule has 3 nitrogen and oxygen atoms in total. The Labute approximate surface area is 114 Å². The van der Waals surface area contributed by atoms with Crippen LogP contribution in [0, 0.1) is 5.82 Å². The molecule has 6 heteroatoms. The molecule has 18 heavy (non-hydrogen) atoms. The van der Waals surface area contributed by atoms with Crippen LogP contribution in [0.2, 0.25) is 10.0 Å². The molecule has 0 bridgehead atoms. The number of halogens is 3. The van der Waals surface area contributed by atoms with Crippen LogP contribution < -0.4 is 5.73 Å². The fourth-order valence-electron chi connectivity index (χ4n) is 1.61. The van der Waals surface area contributed by atoms with Gasteiger partial charge in [0.1, 0.15) is 16.7 Å². The first-order valence-electron chi connectivity index (χ1n) is 5.41. The van der Waals surface area contributed by atoms with E-state index < -0.39 is 5.82 Å². The Balaban J connectivity index is 2.57. The highest BCUT2D eigenvalue weighted by Crippen LogP contribution is 2.31. The molecular formula is C12H12Cl2FN3. The van der Waals surface area contributed by atoms with Gasteiger partial charge in [-0.1, -0.05) is 37.0 Å². The lowest BCUT2D eigenvalue weighted by Crippen LogP contribution is -2.02. The molecular weight excluding hydrogens is 276 g/mol. The molecule has 2 aromatic rings. The SMILES string of the molecule is CC(C)c1nn(-c2ccc(Cl)c(F)c2)c(N)c1Cl. The minimum absolute atomic E-state index is 0.0552. The standard InChI is InChI=1S/C12H12Cl2FN3/c1-6(2)11-10(14)12(16)18(17-11)7-3-4-8(13)9(15)5-7/h3-6H,16H2,1-2H3. The van der Waals surface area contributed by atoms with Crippen molar-refractivity contribution in [3.05, 3.63) is 39.8 Å². The van der Waals surface area contributed by atoms with E-state index in [1.165, 1.54) is 16.8 Å². The largest absolute Gasteiger partial charge is 0.382 e. The molecule has 0 aliphatic heterocycles. The number of nitrogen functional groups attached to an aromatic ring is 1. The Morgan fingerprint density at radius 1 is 1.33 bits per heavy atom. The summed E-state index contributed by atoms with van der Waals surface area (Å²) in [5, 5.41) is 4.76. The summed E-state index contributed by atoms with van der Waals surface area (Å²) >= 11 is 11.7. The van der Waals surface area contributed by atoms with E-state index in [1.54, 1.807) is 6.07 Å². The molecule has 1 aromatic heterocycles. The molecule has 0 fully saturated rings. The monoisotopic (exact) mass is 287 g/mol. The molecule has 1 heterocycles. The number of hydrogen-bond donors (Lipinski definition) is 1. The van der Waals surface area contributed by atoms with Crippen LogP contribution in [0.4, 0.5) is 10.2 Å². The quantitative estimate of drug-likeness (QED) is 0.906. The summed E-state index contributed by atoms with van der Waals surface area (Å²) < 4.78 is 14.8. The Bertz CT molecular complexity index is 593. The maximum absolute atomic E-state index is 13.4. The summed E-state index contributed by atoms with van der Waals surface area (Å²) in [6, 6.07) is 4.36. The first-order valence-corrected chi connectivity index (χ1v) is 6.16. The van der Waals surface area contributed by atoms with Gasteiger partial charge in [0.05, 0.1) is 16.4 Å². The van der Waals surface area contributed by atoms with E-state index in [0.717, 1.165) is 0 Å². The first-order chi connectivity index (χ1) is 8.41. The van der Waals surface area contributed by atoms with Gasteiger partial charge in [-0.25, -0.2) is 9.07 Å². The van der Waals surface area contributed by atoms with Crippen LogP contribution in [0.3, 0.4) is 0 Å². The van der Waals surface area contributed by atoms with Crippen molar-refractivity contribution in [3.63, 3.8) is 0 Å². The summed E-state index contributed by atoms with van der Waals surface area (Å²) in [6.45, 7) is 3.92. The van der Waals surface area contributed by atoms with E-state index in [9.17, 15) is 4.39 Å². The van der Waals surface area contributed by atoms with Crippen molar-refractivity contribution in [2.45, 2.75) is 19.8 Å². The van der Waals surface area contributed by atoms with Gasteiger partial charge in [0, 0.05) is 6.07 Å². The van der Waals surface area contributed by atoms with Gasteiger partial charge >= 0.3 is 0 Å². The van der Waals surface area contributed by atoms with Gasteiger partial charge in [-0.3, -0.25) is 0 Å². The van der Waals surface area contributed by atoms with E-state index >= 15 is 0 Å². The van der Waals surface area contributed by atoms with Crippen LogP contribution in [-0.4, -0.2) is 9.78 Å². The number of aromatic nitrogens is 2. The number of rotatable bonds is 2. The highest BCUT2D eigenvalue weighted by Gasteiger charge is 2.17. The molecule has 2 rings (SSSR count). The normalized spacial score (nSPS) is 11.2. The smallest absolute Gasteiger partial charge is 0.146 e. The Hall–Kier alpha value is -1.26. The second-order valence-electron chi connectivity index (χ2n) is 4.25. The summed E-state index contributed by atoms with van der Waals surface area (Å²) in [7, 11) is 0.